The Labute approximate surface area is 101 Å². The van der Waals surface area contributed by atoms with Crippen LogP contribution in [0.3, 0.4) is 0 Å². The van der Waals surface area contributed by atoms with Crippen molar-refractivity contribution in [2.45, 2.75) is 65.1 Å². The van der Waals surface area contributed by atoms with E-state index in [9.17, 15) is 0 Å². The SMILES string of the molecule is CCC(C)C1CN(C2CC2CC)C(C)CN1. The molecule has 2 nitrogen and oxygen atoms in total. The maximum atomic E-state index is 3.72. The normalized spacial score (nSPS) is 42.0. The molecule has 1 aliphatic carbocycles. The highest BCUT2D eigenvalue weighted by molar-refractivity contribution is 4.99. The summed E-state index contributed by atoms with van der Waals surface area (Å²) in [6, 6.07) is 2.37. The topological polar surface area (TPSA) is 15.3 Å². The van der Waals surface area contributed by atoms with Gasteiger partial charge in [0.05, 0.1) is 0 Å². The Morgan fingerprint density at radius 1 is 1.38 bits per heavy atom. The van der Waals surface area contributed by atoms with Gasteiger partial charge in [0.15, 0.2) is 0 Å². The molecule has 2 aliphatic rings. The largest absolute Gasteiger partial charge is 0.311 e. The van der Waals surface area contributed by atoms with E-state index in [-0.39, 0.29) is 0 Å². The van der Waals surface area contributed by atoms with Crippen LogP contribution in [0.2, 0.25) is 0 Å². The summed E-state index contributed by atoms with van der Waals surface area (Å²) in [7, 11) is 0. The Morgan fingerprint density at radius 2 is 2.12 bits per heavy atom. The molecule has 0 bridgehead atoms. The number of hydrogen-bond donors (Lipinski definition) is 1. The molecule has 1 N–H and O–H groups in total. The Kier molecular flexibility index (Phi) is 3.91. The number of nitrogens with one attached hydrogen (secondary N) is 1. The van der Waals surface area contributed by atoms with E-state index in [0.717, 1.165) is 30.0 Å². The molecule has 0 aromatic heterocycles. The van der Waals surface area contributed by atoms with E-state index in [1.165, 1.54) is 32.4 Å². The van der Waals surface area contributed by atoms with E-state index in [1.807, 2.05) is 0 Å². The van der Waals surface area contributed by atoms with Gasteiger partial charge in [0.2, 0.25) is 0 Å². The molecule has 0 aromatic rings. The lowest BCUT2D eigenvalue weighted by atomic mass is 9.95. The second kappa shape index (κ2) is 5.05. The molecule has 5 atom stereocenters. The molecular formula is C14H28N2. The molecule has 1 heterocycles. The van der Waals surface area contributed by atoms with Gasteiger partial charge in [-0.15, -0.1) is 0 Å². The van der Waals surface area contributed by atoms with Crippen LogP contribution in [0, 0.1) is 11.8 Å². The quantitative estimate of drug-likeness (QED) is 0.789. The molecule has 2 fully saturated rings. The van der Waals surface area contributed by atoms with E-state index in [4.69, 9.17) is 0 Å². The van der Waals surface area contributed by atoms with Crippen molar-refractivity contribution in [3.05, 3.63) is 0 Å². The van der Waals surface area contributed by atoms with E-state index in [1.54, 1.807) is 0 Å². The van der Waals surface area contributed by atoms with Gasteiger partial charge < -0.3 is 5.32 Å². The lowest BCUT2D eigenvalue weighted by molar-refractivity contribution is 0.105. The minimum absolute atomic E-state index is 0.722. The van der Waals surface area contributed by atoms with Crippen LogP contribution in [0.5, 0.6) is 0 Å². The van der Waals surface area contributed by atoms with Crippen LogP contribution < -0.4 is 5.32 Å². The highest BCUT2D eigenvalue weighted by atomic mass is 15.3. The zero-order valence-electron chi connectivity index (χ0n) is 11.4. The third-order valence-corrected chi connectivity index (χ3v) is 4.82. The van der Waals surface area contributed by atoms with Crippen LogP contribution in [0.1, 0.15) is 47.0 Å². The summed E-state index contributed by atoms with van der Waals surface area (Å²) in [5.41, 5.74) is 0. The van der Waals surface area contributed by atoms with Gasteiger partial charge in [0, 0.05) is 31.2 Å². The van der Waals surface area contributed by atoms with Gasteiger partial charge >= 0.3 is 0 Å². The average molecular weight is 224 g/mol. The Balaban J connectivity index is 1.91. The van der Waals surface area contributed by atoms with Gasteiger partial charge in [-0.05, 0) is 25.2 Å². The third kappa shape index (κ3) is 2.43. The average Bonchev–Trinajstić information content (AvgIpc) is 3.08. The highest BCUT2D eigenvalue weighted by Crippen LogP contribution is 2.40. The number of hydrogen-bond acceptors (Lipinski definition) is 2. The molecule has 0 spiro atoms. The Hall–Kier alpha value is -0.0800. The fraction of sp³-hybridized carbons (Fsp3) is 1.00. The zero-order chi connectivity index (χ0) is 11.7. The smallest absolute Gasteiger partial charge is 0.0221 e. The third-order valence-electron chi connectivity index (χ3n) is 4.82. The number of piperazine rings is 1. The molecular weight excluding hydrogens is 196 g/mol. The standard InChI is InChI=1S/C14H28N2/c1-5-10(3)13-9-16(11(4)8-15-13)14-7-12(14)6-2/h10-15H,5-9H2,1-4H3. The molecule has 0 amide bonds. The van der Waals surface area contributed by atoms with Crippen LogP contribution in [0.4, 0.5) is 0 Å². The summed E-state index contributed by atoms with van der Waals surface area (Å²) in [6.07, 6.45) is 4.12. The predicted octanol–water partition coefficient (Wildman–Crippen LogP) is 2.49. The first-order valence-electron chi connectivity index (χ1n) is 7.16. The van der Waals surface area contributed by atoms with Crippen molar-refractivity contribution in [1.82, 2.24) is 10.2 Å². The van der Waals surface area contributed by atoms with E-state index < -0.39 is 0 Å². The summed E-state index contributed by atoms with van der Waals surface area (Å²) < 4.78 is 0. The molecule has 1 saturated heterocycles. The van der Waals surface area contributed by atoms with E-state index in [0.29, 0.717) is 0 Å². The Bertz CT molecular complexity index is 229. The van der Waals surface area contributed by atoms with Crippen LogP contribution in [-0.2, 0) is 0 Å². The van der Waals surface area contributed by atoms with Crippen LogP contribution >= 0.6 is 0 Å². The minimum atomic E-state index is 0.722. The van der Waals surface area contributed by atoms with Crippen molar-refractivity contribution in [2.24, 2.45) is 11.8 Å². The van der Waals surface area contributed by atoms with Crippen molar-refractivity contribution in [2.75, 3.05) is 13.1 Å². The van der Waals surface area contributed by atoms with Crippen LogP contribution in [0.25, 0.3) is 0 Å². The fourth-order valence-electron chi connectivity index (χ4n) is 3.12. The molecule has 2 rings (SSSR count). The van der Waals surface area contributed by atoms with Gasteiger partial charge in [0.1, 0.15) is 0 Å². The van der Waals surface area contributed by atoms with Crippen molar-refractivity contribution in [3.63, 3.8) is 0 Å². The van der Waals surface area contributed by atoms with Gasteiger partial charge in [-0.25, -0.2) is 0 Å². The Morgan fingerprint density at radius 3 is 2.69 bits per heavy atom. The summed E-state index contributed by atoms with van der Waals surface area (Å²) >= 11 is 0. The molecule has 0 aromatic carbocycles. The van der Waals surface area contributed by atoms with Gasteiger partial charge in [0.25, 0.3) is 0 Å². The molecule has 94 valence electrons. The van der Waals surface area contributed by atoms with Gasteiger partial charge in [-0.2, -0.15) is 0 Å². The van der Waals surface area contributed by atoms with Gasteiger partial charge in [-0.3, -0.25) is 4.90 Å². The maximum absolute atomic E-state index is 3.72. The first kappa shape index (κ1) is 12.4. The van der Waals surface area contributed by atoms with E-state index >= 15 is 0 Å². The molecule has 2 heteroatoms. The monoisotopic (exact) mass is 224 g/mol. The molecule has 5 unspecified atom stereocenters. The minimum Gasteiger partial charge on any atom is -0.311 e. The van der Waals surface area contributed by atoms with Crippen LogP contribution in [0.15, 0.2) is 0 Å². The maximum Gasteiger partial charge on any atom is 0.0221 e. The molecule has 0 radical (unpaired) electrons. The highest BCUT2D eigenvalue weighted by Gasteiger charge is 2.44. The predicted molar refractivity (Wildman–Crippen MR) is 69.6 cm³/mol. The summed E-state index contributed by atoms with van der Waals surface area (Å²) in [4.78, 5) is 2.78. The van der Waals surface area contributed by atoms with Crippen molar-refractivity contribution >= 4 is 0 Å². The van der Waals surface area contributed by atoms with E-state index in [2.05, 4.69) is 37.9 Å². The second-order valence-electron chi connectivity index (χ2n) is 5.92. The first-order chi connectivity index (χ1) is 7.67. The lowest BCUT2D eigenvalue weighted by Gasteiger charge is -2.41. The molecule has 1 saturated carbocycles. The van der Waals surface area contributed by atoms with Gasteiger partial charge in [-0.1, -0.05) is 33.6 Å². The van der Waals surface area contributed by atoms with Crippen molar-refractivity contribution in [3.8, 4) is 0 Å². The second-order valence-corrected chi connectivity index (χ2v) is 5.92. The fourth-order valence-corrected chi connectivity index (χ4v) is 3.12. The summed E-state index contributed by atoms with van der Waals surface area (Å²) in [5, 5.41) is 3.72. The molecule has 1 aliphatic heterocycles. The molecule has 16 heavy (non-hydrogen) atoms. The summed E-state index contributed by atoms with van der Waals surface area (Å²) in [6.45, 7) is 11.9. The number of nitrogens with zero attached hydrogens (tertiary/aromatic N) is 1. The zero-order valence-corrected chi connectivity index (χ0v) is 11.4. The van der Waals surface area contributed by atoms with Crippen LogP contribution in [-0.4, -0.2) is 36.1 Å². The van der Waals surface area contributed by atoms with Crippen molar-refractivity contribution in [1.29, 1.82) is 0 Å². The summed E-state index contributed by atoms with van der Waals surface area (Å²) in [5.74, 6) is 1.81. The van der Waals surface area contributed by atoms with Crippen molar-refractivity contribution < 1.29 is 0 Å². The lowest BCUT2D eigenvalue weighted by Crippen LogP contribution is -2.58. The number of rotatable bonds is 4. The first-order valence-corrected chi connectivity index (χ1v) is 7.16.